The van der Waals surface area contributed by atoms with Gasteiger partial charge in [0.05, 0.1) is 13.2 Å². The summed E-state index contributed by atoms with van der Waals surface area (Å²) in [7, 11) is 1.62. The van der Waals surface area contributed by atoms with Gasteiger partial charge in [0.25, 0.3) is 0 Å². The number of rotatable bonds is 5. The second-order valence-electron chi connectivity index (χ2n) is 8.91. The van der Waals surface area contributed by atoms with E-state index in [4.69, 9.17) is 14.5 Å². The highest BCUT2D eigenvalue weighted by Gasteiger charge is 2.44. The Hall–Kier alpha value is -3.28. The van der Waals surface area contributed by atoms with E-state index in [9.17, 15) is 14.0 Å². The molecule has 5 nitrogen and oxygen atoms in total. The van der Waals surface area contributed by atoms with Crippen molar-refractivity contribution in [2.75, 3.05) is 7.11 Å². The lowest BCUT2D eigenvalue weighted by Gasteiger charge is -2.36. The fourth-order valence-corrected chi connectivity index (χ4v) is 4.81. The lowest BCUT2D eigenvalue weighted by atomic mass is 9.69. The molecule has 4 rings (SSSR count). The summed E-state index contributed by atoms with van der Waals surface area (Å²) in [4.78, 5) is 31.3. The highest BCUT2D eigenvalue weighted by Crippen LogP contribution is 2.47. The van der Waals surface area contributed by atoms with Crippen molar-refractivity contribution < 1.29 is 23.5 Å². The van der Waals surface area contributed by atoms with Crippen LogP contribution in [0.25, 0.3) is 0 Å². The van der Waals surface area contributed by atoms with Crippen molar-refractivity contribution in [2.24, 2.45) is 10.9 Å². The summed E-state index contributed by atoms with van der Waals surface area (Å²) in [6, 6.07) is 13.7. The summed E-state index contributed by atoms with van der Waals surface area (Å²) in [6.07, 6.45) is 0.619. The number of hydrogen-bond acceptors (Lipinski definition) is 5. The number of carbonyl (C=O) groups excluding carboxylic acids is 2. The molecule has 1 aliphatic carbocycles. The molecule has 33 heavy (non-hydrogen) atoms. The van der Waals surface area contributed by atoms with E-state index >= 15 is 0 Å². The number of hydrogen-bond donors (Lipinski definition) is 0. The van der Waals surface area contributed by atoms with Crippen LogP contribution >= 0.6 is 0 Å². The first-order valence-corrected chi connectivity index (χ1v) is 11.2. The van der Waals surface area contributed by atoms with Gasteiger partial charge in [-0.2, -0.15) is 0 Å². The molecule has 1 heterocycles. The van der Waals surface area contributed by atoms with Crippen LogP contribution in [-0.4, -0.2) is 30.7 Å². The van der Waals surface area contributed by atoms with Gasteiger partial charge in [-0.05, 0) is 68.5 Å². The van der Waals surface area contributed by atoms with Crippen molar-refractivity contribution in [3.63, 3.8) is 0 Å². The van der Waals surface area contributed by atoms with Gasteiger partial charge in [-0.1, -0.05) is 24.3 Å². The van der Waals surface area contributed by atoms with Crippen molar-refractivity contribution in [1.82, 2.24) is 0 Å². The van der Waals surface area contributed by atoms with E-state index < -0.39 is 17.8 Å². The number of benzene rings is 2. The molecule has 0 N–H and O–H groups in total. The molecule has 0 spiro atoms. The van der Waals surface area contributed by atoms with Crippen LogP contribution in [0.4, 0.5) is 4.39 Å². The van der Waals surface area contributed by atoms with Gasteiger partial charge in [0, 0.05) is 29.3 Å². The lowest BCUT2D eigenvalue weighted by molar-refractivity contribution is -0.150. The number of ketones is 1. The van der Waals surface area contributed by atoms with Crippen molar-refractivity contribution in [3.05, 3.63) is 76.7 Å². The molecule has 2 aromatic rings. The molecule has 0 saturated heterocycles. The van der Waals surface area contributed by atoms with Crippen LogP contribution in [0.3, 0.4) is 0 Å². The minimum absolute atomic E-state index is 0.00765. The van der Waals surface area contributed by atoms with Gasteiger partial charge >= 0.3 is 5.97 Å². The molecule has 2 aliphatic rings. The number of carbonyl (C=O) groups is 2. The first-order valence-electron chi connectivity index (χ1n) is 11.2. The van der Waals surface area contributed by atoms with Crippen molar-refractivity contribution in [3.8, 4) is 5.75 Å². The van der Waals surface area contributed by atoms with Crippen LogP contribution in [0.5, 0.6) is 5.75 Å². The van der Waals surface area contributed by atoms with Crippen LogP contribution in [-0.2, 0) is 14.3 Å². The minimum atomic E-state index is -0.724. The van der Waals surface area contributed by atoms with Crippen molar-refractivity contribution in [2.45, 2.75) is 51.6 Å². The van der Waals surface area contributed by atoms with E-state index in [2.05, 4.69) is 0 Å². The Morgan fingerprint density at radius 3 is 2.27 bits per heavy atom. The van der Waals surface area contributed by atoms with Gasteiger partial charge in [0.2, 0.25) is 0 Å². The number of allylic oxidation sites excluding steroid dienone is 2. The molecule has 6 heteroatoms. The van der Waals surface area contributed by atoms with Crippen molar-refractivity contribution >= 4 is 17.5 Å². The topological polar surface area (TPSA) is 65.0 Å². The third kappa shape index (κ3) is 4.61. The summed E-state index contributed by atoms with van der Waals surface area (Å²) in [5.41, 5.74) is 3.61. The number of ether oxygens (including phenoxy) is 2. The molecular weight excluding hydrogens is 421 g/mol. The standard InChI is InChI=1S/C27H28FNO4/c1-15(2)33-27(31)24-16(3)29-22-13-19(17-7-11-21(32-4)12-8-17)14-23(30)26(22)25(24)18-5-9-20(28)10-6-18/h5-12,15,19,24-25H,13-14H2,1-4H3/t19-,24?,25+/m0/s1. The summed E-state index contributed by atoms with van der Waals surface area (Å²) in [5.74, 6) is -1.35. The molecule has 172 valence electrons. The second-order valence-corrected chi connectivity index (χ2v) is 8.91. The Morgan fingerprint density at radius 1 is 1.03 bits per heavy atom. The first-order chi connectivity index (χ1) is 15.8. The molecule has 0 fully saturated rings. The fourth-order valence-electron chi connectivity index (χ4n) is 4.81. The van der Waals surface area contributed by atoms with Crippen LogP contribution in [0.15, 0.2) is 64.8 Å². The quantitative estimate of drug-likeness (QED) is 0.577. The average Bonchev–Trinajstić information content (AvgIpc) is 2.78. The van der Waals surface area contributed by atoms with E-state index in [1.807, 2.05) is 24.3 Å². The minimum Gasteiger partial charge on any atom is -0.497 e. The molecule has 0 saturated carbocycles. The van der Waals surface area contributed by atoms with Crippen LogP contribution in [0, 0.1) is 11.7 Å². The van der Waals surface area contributed by atoms with Gasteiger partial charge in [0.1, 0.15) is 17.5 Å². The zero-order valence-electron chi connectivity index (χ0n) is 19.3. The maximum Gasteiger partial charge on any atom is 0.315 e. The zero-order valence-corrected chi connectivity index (χ0v) is 19.3. The predicted molar refractivity (Wildman–Crippen MR) is 124 cm³/mol. The van der Waals surface area contributed by atoms with E-state index in [1.54, 1.807) is 40.0 Å². The maximum absolute atomic E-state index is 13.7. The Bertz CT molecular complexity index is 1120. The van der Waals surface area contributed by atoms with E-state index in [0.717, 1.165) is 11.3 Å². The number of halogens is 1. The molecule has 3 atom stereocenters. The Morgan fingerprint density at radius 2 is 1.67 bits per heavy atom. The molecule has 0 aromatic heterocycles. The largest absolute Gasteiger partial charge is 0.497 e. The van der Waals surface area contributed by atoms with Crippen LogP contribution < -0.4 is 4.74 Å². The molecule has 1 unspecified atom stereocenters. The predicted octanol–water partition coefficient (Wildman–Crippen LogP) is 5.36. The number of methoxy groups -OCH3 is 1. The molecule has 0 radical (unpaired) electrons. The average molecular weight is 450 g/mol. The smallest absolute Gasteiger partial charge is 0.315 e. The first kappa shape index (κ1) is 22.9. The van der Waals surface area contributed by atoms with Crippen LogP contribution in [0.1, 0.15) is 56.6 Å². The SMILES string of the molecule is COc1ccc([C@@H]2CC(=O)C3=C(C2)N=C(C)C(C(=O)OC(C)C)[C@H]3c2ccc(F)cc2)cc1. The normalized spacial score (nSPS) is 22.7. The molecule has 0 bridgehead atoms. The molecular formula is C27H28FNO4. The number of Topliss-reactive ketones (excluding diaryl/α,β-unsaturated/α-hetero) is 1. The van der Waals surface area contributed by atoms with Gasteiger partial charge in [-0.25, -0.2) is 4.39 Å². The number of nitrogens with zero attached hydrogens (tertiary/aromatic N) is 1. The highest BCUT2D eigenvalue weighted by molar-refractivity contribution is 6.09. The highest BCUT2D eigenvalue weighted by atomic mass is 19.1. The van der Waals surface area contributed by atoms with E-state index in [1.165, 1.54) is 12.1 Å². The summed E-state index contributed by atoms with van der Waals surface area (Å²) < 4.78 is 24.4. The fraction of sp³-hybridized carbons (Fsp3) is 0.370. The van der Waals surface area contributed by atoms with E-state index in [-0.39, 0.29) is 23.6 Å². The Kier molecular flexibility index (Phi) is 6.45. The van der Waals surface area contributed by atoms with Crippen molar-refractivity contribution in [1.29, 1.82) is 0 Å². The lowest BCUT2D eigenvalue weighted by Crippen LogP contribution is -2.38. The third-order valence-electron chi connectivity index (χ3n) is 6.31. The molecule has 1 aliphatic heterocycles. The monoisotopic (exact) mass is 449 g/mol. The van der Waals surface area contributed by atoms with Gasteiger partial charge in [0.15, 0.2) is 5.78 Å². The van der Waals surface area contributed by atoms with Gasteiger partial charge < -0.3 is 9.47 Å². The Labute approximate surface area is 193 Å². The summed E-state index contributed by atoms with van der Waals surface area (Å²) >= 11 is 0. The van der Waals surface area contributed by atoms with Gasteiger partial charge in [-0.3, -0.25) is 14.6 Å². The number of aliphatic imine (C=N–C) groups is 1. The van der Waals surface area contributed by atoms with Crippen LogP contribution in [0.2, 0.25) is 0 Å². The molecule has 0 amide bonds. The summed E-state index contributed by atoms with van der Waals surface area (Å²) in [6.45, 7) is 5.38. The maximum atomic E-state index is 13.7. The third-order valence-corrected chi connectivity index (χ3v) is 6.31. The van der Waals surface area contributed by atoms with E-state index in [0.29, 0.717) is 35.4 Å². The number of esters is 1. The second kappa shape index (κ2) is 9.30. The van der Waals surface area contributed by atoms with Gasteiger partial charge in [-0.15, -0.1) is 0 Å². The Balaban J connectivity index is 1.76. The zero-order chi connectivity index (χ0) is 23.7. The molecule has 2 aromatic carbocycles. The summed E-state index contributed by atoms with van der Waals surface area (Å²) in [5, 5.41) is 0.